The highest BCUT2D eigenvalue weighted by Gasteiger charge is 2.28. The van der Waals surface area contributed by atoms with Gasteiger partial charge in [-0.15, -0.1) is 0 Å². The van der Waals surface area contributed by atoms with Crippen molar-refractivity contribution in [3.05, 3.63) is 42.1 Å². The number of pyridine rings is 1. The van der Waals surface area contributed by atoms with E-state index in [-0.39, 0.29) is 11.8 Å². The summed E-state index contributed by atoms with van der Waals surface area (Å²) in [5, 5.41) is 3.23. The van der Waals surface area contributed by atoms with Crippen LogP contribution in [0.4, 0.5) is 10.2 Å². The number of nitrogens with one attached hydrogen (secondary N) is 1. The van der Waals surface area contributed by atoms with Gasteiger partial charge in [0.15, 0.2) is 5.84 Å². The first-order valence-electron chi connectivity index (χ1n) is 8.75. The first-order chi connectivity index (χ1) is 13.2. The highest BCUT2D eigenvalue weighted by atomic mass is 19.1. The number of rotatable bonds is 5. The van der Waals surface area contributed by atoms with Crippen LogP contribution >= 0.6 is 0 Å². The molecule has 0 bridgehead atoms. The average Bonchev–Trinajstić information content (AvgIpc) is 3.02. The fourth-order valence-corrected chi connectivity index (χ4v) is 3.16. The van der Waals surface area contributed by atoms with Crippen molar-refractivity contribution in [2.24, 2.45) is 21.6 Å². The Hall–Kier alpha value is -3.07. The van der Waals surface area contributed by atoms with E-state index < -0.39 is 12.2 Å². The molecule has 4 rings (SSSR count). The van der Waals surface area contributed by atoms with Crippen molar-refractivity contribution in [1.82, 2.24) is 14.5 Å². The van der Waals surface area contributed by atoms with Crippen molar-refractivity contribution in [2.75, 3.05) is 18.5 Å². The van der Waals surface area contributed by atoms with Crippen molar-refractivity contribution in [3.8, 4) is 11.4 Å². The van der Waals surface area contributed by atoms with Gasteiger partial charge >= 0.3 is 0 Å². The maximum Gasteiger partial charge on any atom is 0.228 e. The predicted molar refractivity (Wildman–Crippen MR) is 101 cm³/mol. The molecule has 140 valence electrons. The van der Waals surface area contributed by atoms with Crippen LogP contribution in [-0.2, 0) is 11.3 Å². The molecule has 2 aliphatic heterocycles. The minimum Gasteiger partial charge on any atom is -0.382 e. The van der Waals surface area contributed by atoms with Crippen LogP contribution in [0, 0.1) is 11.7 Å². The summed E-state index contributed by atoms with van der Waals surface area (Å²) >= 11 is 0. The molecule has 4 heterocycles. The monoisotopic (exact) mass is 369 g/mol. The molecule has 0 saturated heterocycles. The van der Waals surface area contributed by atoms with Crippen LogP contribution < -0.4 is 11.1 Å². The molecule has 0 fully saturated rings. The molecule has 2 aromatic heterocycles. The van der Waals surface area contributed by atoms with Crippen LogP contribution in [0.25, 0.3) is 11.4 Å². The van der Waals surface area contributed by atoms with Gasteiger partial charge in [-0.05, 0) is 19.1 Å². The Bertz CT molecular complexity index is 934. The van der Waals surface area contributed by atoms with E-state index in [2.05, 4.69) is 31.3 Å². The van der Waals surface area contributed by atoms with Crippen molar-refractivity contribution in [3.63, 3.8) is 0 Å². The Morgan fingerprint density at radius 2 is 2.30 bits per heavy atom. The van der Waals surface area contributed by atoms with E-state index in [1.165, 1.54) is 6.07 Å². The van der Waals surface area contributed by atoms with Gasteiger partial charge in [-0.2, -0.15) is 0 Å². The number of aromatic nitrogens is 3. The lowest BCUT2D eigenvalue weighted by atomic mass is 10.1. The lowest BCUT2D eigenvalue weighted by molar-refractivity contribution is 0.0879. The zero-order valence-corrected chi connectivity index (χ0v) is 14.8. The SMILES string of the molecule is CCOC1N=C(N)c2nc(-c3cncc(F)c3)n(CC3C=CC=NC3)c2N1. The number of halogens is 1. The third-order valence-electron chi connectivity index (χ3n) is 4.35. The van der Waals surface area contributed by atoms with Gasteiger partial charge in [-0.3, -0.25) is 9.98 Å². The van der Waals surface area contributed by atoms with Crippen molar-refractivity contribution >= 4 is 17.9 Å². The van der Waals surface area contributed by atoms with E-state index in [0.717, 1.165) is 6.20 Å². The summed E-state index contributed by atoms with van der Waals surface area (Å²) in [6.07, 6.45) is 7.95. The summed E-state index contributed by atoms with van der Waals surface area (Å²) in [7, 11) is 0. The number of anilines is 1. The Labute approximate surface area is 155 Å². The summed E-state index contributed by atoms with van der Waals surface area (Å²) in [6, 6.07) is 1.40. The number of fused-ring (bicyclic) bond motifs is 1. The summed E-state index contributed by atoms with van der Waals surface area (Å²) in [5.41, 5.74) is 7.20. The molecule has 0 amide bonds. The predicted octanol–water partition coefficient (Wildman–Crippen LogP) is 1.79. The van der Waals surface area contributed by atoms with Crippen LogP contribution in [-0.4, -0.2) is 46.1 Å². The number of hydrogen-bond acceptors (Lipinski definition) is 7. The molecule has 2 aliphatic rings. The number of allylic oxidation sites excluding steroid dienone is 1. The summed E-state index contributed by atoms with van der Waals surface area (Å²) in [5.74, 6) is 1.30. The number of nitrogens with zero attached hydrogens (tertiary/aromatic N) is 5. The molecular weight excluding hydrogens is 349 g/mol. The van der Waals surface area contributed by atoms with Gasteiger partial charge in [-0.25, -0.2) is 14.4 Å². The summed E-state index contributed by atoms with van der Waals surface area (Å²) < 4.78 is 21.3. The maximum atomic E-state index is 13.8. The first kappa shape index (κ1) is 17.3. The highest BCUT2D eigenvalue weighted by molar-refractivity contribution is 6.02. The molecule has 9 heteroatoms. The fourth-order valence-electron chi connectivity index (χ4n) is 3.16. The minimum absolute atomic E-state index is 0.181. The van der Waals surface area contributed by atoms with Crippen LogP contribution in [0.3, 0.4) is 0 Å². The zero-order valence-electron chi connectivity index (χ0n) is 14.8. The van der Waals surface area contributed by atoms with Crippen molar-refractivity contribution in [1.29, 1.82) is 0 Å². The molecule has 0 aliphatic carbocycles. The quantitative estimate of drug-likeness (QED) is 0.836. The molecule has 8 nitrogen and oxygen atoms in total. The Morgan fingerprint density at radius 1 is 1.41 bits per heavy atom. The second-order valence-corrected chi connectivity index (χ2v) is 6.26. The van der Waals surface area contributed by atoms with E-state index in [0.29, 0.717) is 42.6 Å². The Balaban J connectivity index is 1.79. The molecular formula is C18H20FN7O. The van der Waals surface area contributed by atoms with E-state index in [1.807, 2.05) is 17.6 Å². The molecule has 0 spiro atoms. The molecule has 2 atom stereocenters. The number of nitrogens with two attached hydrogens (primary N) is 1. The van der Waals surface area contributed by atoms with Crippen molar-refractivity contribution in [2.45, 2.75) is 19.8 Å². The molecule has 0 aromatic carbocycles. The second-order valence-electron chi connectivity index (χ2n) is 6.26. The van der Waals surface area contributed by atoms with Gasteiger partial charge in [0.25, 0.3) is 0 Å². The van der Waals surface area contributed by atoms with Gasteiger partial charge in [0.2, 0.25) is 6.35 Å². The van der Waals surface area contributed by atoms with E-state index >= 15 is 0 Å². The molecule has 3 N–H and O–H groups in total. The number of amidine groups is 1. The number of dihydropyridines is 1. The van der Waals surface area contributed by atoms with E-state index in [9.17, 15) is 4.39 Å². The normalized spacial score (nSPS) is 20.9. The topological polar surface area (TPSA) is 103 Å². The molecule has 2 unspecified atom stereocenters. The fraction of sp³-hybridized carbons (Fsp3) is 0.333. The third-order valence-corrected chi connectivity index (χ3v) is 4.35. The molecule has 27 heavy (non-hydrogen) atoms. The van der Waals surface area contributed by atoms with Crippen LogP contribution in [0.5, 0.6) is 0 Å². The van der Waals surface area contributed by atoms with Crippen LogP contribution in [0.1, 0.15) is 12.6 Å². The minimum atomic E-state index is -0.587. The average molecular weight is 369 g/mol. The number of aliphatic imine (C=N–C) groups is 2. The first-order valence-corrected chi connectivity index (χ1v) is 8.75. The van der Waals surface area contributed by atoms with Crippen LogP contribution in [0.15, 0.2) is 40.6 Å². The summed E-state index contributed by atoms with van der Waals surface area (Å²) in [6.45, 7) is 3.64. The third kappa shape index (κ3) is 3.45. The standard InChI is InChI=1S/C18H20FN7O/c1-2-27-18-24-15(20)14-17(25-18)26(10-11-4-3-5-21-7-11)16(23-14)12-6-13(19)9-22-8-12/h3-6,8-9,11,18,25H,2,7,10H2,1H3,(H2,20,24). The van der Waals surface area contributed by atoms with Gasteiger partial charge in [0.05, 0.1) is 6.20 Å². The second kappa shape index (κ2) is 7.28. The van der Waals surface area contributed by atoms with Gasteiger partial charge in [-0.1, -0.05) is 6.08 Å². The lowest BCUT2D eigenvalue weighted by Gasteiger charge is -2.24. The number of ether oxygens (including phenoxy) is 1. The Morgan fingerprint density at radius 3 is 3.04 bits per heavy atom. The van der Waals surface area contributed by atoms with Crippen molar-refractivity contribution < 1.29 is 9.13 Å². The van der Waals surface area contributed by atoms with Gasteiger partial charge < -0.3 is 20.4 Å². The number of imidazole rings is 1. The molecule has 2 aromatic rings. The molecule has 0 saturated carbocycles. The van der Waals surface area contributed by atoms with E-state index in [4.69, 9.17) is 10.5 Å². The van der Waals surface area contributed by atoms with Gasteiger partial charge in [0.1, 0.15) is 23.2 Å². The number of hydrogen-bond donors (Lipinski definition) is 2. The smallest absolute Gasteiger partial charge is 0.228 e. The van der Waals surface area contributed by atoms with Crippen LogP contribution in [0.2, 0.25) is 0 Å². The van der Waals surface area contributed by atoms with Gasteiger partial charge in [0, 0.05) is 43.6 Å². The molecule has 0 radical (unpaired) electrons. The lowest BCUT2D eigenvalue weighted by Crippen LogP contribution is -2.33. The zero-order chi connectivity index (χ0) is 18.8. The largest absolute Gasteiger partial charge is 0.382 e. The van der Waals surface area contributed by atoms with E-state index in [1.54, 1.807) is 12.4 Å². The Kier molecular flexibility index (Phi) is 4.68. The highest BCUT2D eigenvalue weighted by Crippen LogP contribution is 2.30. The maximum absolute atomic E-state index is 13.8. The summed E-state index contributed by atoms with van der Waals surface area (Å²) in [4.78, 5) is 17.2.